The van der Waals surface area contributed by atoms with Gasteiger partial charge < -0.3 is 34.9 Å². The molecule has 5 aromatic carbocycles. The average molecular weight is 903 g/mol. The highest BCUT2D eigenvalue weighted by Crippen LogP contribution is 2.44. The van der Waals surface area contributed by atoms with E-state index in [9.17, 15) is 23.4 Å². The van der Waals surface area contributed by atoms with E-state index < -0.39 is 28.3 Å². The number of sulfonamides is 1. The highest BCUT2D eigenvalue weighted by atomic mass is 32.2. The number of methoxy groups -OCH3 is 1. The quantitative estimate of drug-likeness (QED) is 0.0554. The van der Waals surface area contributed by atoms with Crippen molar-refractivity contribution in [3.05, 3.63) is 150 Å². The van der Waals surface area contributed by atoms with Gasteiger partial charge in [0.25, 0.3) is 0 Å². The second-order valence-corrected chi connectivity index (χ2v) is 19.1. The number of rotatable bonds is 23. The van der Waals surface area contributed by atoms with Crippen molar-refractivity contribution in [2.75, 3.05) is 53.0 Å². The number of aliphatic hydroxyl groups is 2. The van der Waals surface area contributed by atoms with Crippen LogP contribution in [0.25, 0.3) is 22.2 Å². The van der Waals surface area contributed by atoms with Crippen LogP contribution >= 0.6 is 0 Å². The van der Waals surface area contributed by atoms with Gasteiger partial charge in [0.05, 0.1) is 35.7 Å². The zero-order valence-electron chi connectivity index (χ0n) is 37.7. The number of benzene rings is 5. The predicted molar refractivity (Wildman–Crippen MR) is 254 cm³/mol. The molecule has 1 amide bonds. The molecule has 0 saturated heterocycles. The molecule has 13 nitrogen and oxygen atoms in total. The van der Waals surface area contributed by atoms with Gasteiger partial charge in [-0.1, -0.05) is 105 Å². The fraction of sp³-hybridized carbons (Fsp3) is 0.373. The number of hydrogen-bond acceptors (Lipinski definition) is 10. The van der Waals surface area contributed by atoms with Gasteiger partial charge in [0.1, 0.15) is 18.2 Å². The Balaban J connectivity index is 1.05. The first-order chi connectivity index (χ1) is 31.5. The molecule has 6 aromatic rings. The topological polar surface area (TPSA) is 158 Å². The fourth-order valence-electron chi connectivity index (χ4n) is 8.68. The van der Waals surface area contributed by atoms with Crippen LogP contribution < -0.4 is 15.4 Å². The van der Waals surface area contributed by atoms with E-state index in [1.54, 1.807) is 17.0 Å². The summed E-state index contributed by atoms with van der Waals surface area (Å²) in [5.74, 6) is 1.16. The van der Waals surface area contributed by atoms with Crippen molar-refractivity contribution in [3.63, 3.8) is 0 Å². The lowest BCUT2D eigenvalue weighted by Crippen LogP contribution is -2.53. The number of aromatic nitrogens is 2. The third-order valence-electron chi connectivity index (χ3n) is 12.1. The molecule has 1 aromatic heterocycles. The molecule has 14 heteroatoms. The minimum absolute atomic E-state index is 0.00153. The van der Waals surface area contributed by atoms with Gasteiger partial charge in [-0.3, -0.25) is 4.90 Å². The third-order valence-corrected chi connectivity index (χ3v) is 14.0. The van der Waals surface area contributed by atoms with Gasteiger partial charge in [-0.05, 0) is 83.0 Å². The maximum atomic E-state index is 14.2. The highest BCUT2D eigenvalue weighted by molar-refractivity contribution is 7.89. The maximum absolute atomic E-state index is 14.2. The van der Waals surface area contributed by atoms with Crippen LogP contribution in [-0.2, 0) is 34.8 Å². The summed E-state index contributed by atoms with van der Waals surface area (Å²) in [7, 11) is -0.493. The van der Waals surface area contributed by atoms with Gasteiger partial charge in [-0.25, -0.2) is 18.2 Å². The van der Waals surface area contributed by atoms with E-state index in [0.717, 1.165) is 38.9 Å². The Kier molecular flexibility index (Phi) is 16.1. The lowest BCUT2D eigenvalue weighted by molar-refractivity contribution is 0.0944. The van der Waals surface area contributed by atoms with Crippen LogP contribution in [0.1, 0.15) is 48.7 Å². The second kappa shape index (κ2) is 22.1. The van der Waals surface area contributed by atoms with E-state index in [-0.39, 0.29) is 62.2 Å². The average Bonchev–Trinajstić information content (AvgIpc) is 3.81. The Bertz CT molecular complexity index is 2540. The van der Waals surface area contributed by atoms with Crippen LogP contribution in [0.3, 0.4) is 0 Å². The van der Waals surface area contributed by atoms with Crippen LogP contribution in [0.2, 0.25) is 0 Å². The van der Waals surface area contributed by atoms with Crippen LogP contribution in [-0.4, -0.2) is 115 Å². The maximum Gasteiger partial charge on any atom is 0.410 e. The van der Waals surface area contributed by atoms with Crippen molar-refractivity contribution in [1.29, 1.82) is 0 Å². The number of ether oxygens (including phenoxy) is 2. The summed E-state index contributed by atoms with van der Waals surface area (Å²) in [5, 5.41) is 29.2. The van der Waals surface area contributed by atoms with Crippen LogP contribution in [0.4, 0.5) is 4.79 Å². The molecule has 344 valence electrons. The lowest BCUT2D eigenvalue weighted by Gasteiger charge is -2.32. The number of carbonyl (C=O) groups is 1. The van der Waals surface area contributed by atoms with Gasteiger partial charge in [0.15, 0.2) is 0 Å². The number of fused-ring (bicyclic) bond motifs is 4. The molecule has 0 saturated carbocycles. The third kappa shape index (κ3) is 11.6. The zero-order chi connectivity index (χ0) is 45.9. The van der Waals surface area contributed by atoms with Crippen molar-refractivity contribution in [2.45, 2.75) is 62.2 Å². The second-order valence-electron chi connectivity index (χ2n) is 17.1. The number of imidazole rings is 1. The minimum atomic E-state index is -3.96. The molecule has 65 heavy (non-hydrogen) atoms. The standard InChI is InChI=1S/C51H62N6O7S/c1-36(2)32-57(65(61,62)40-24-22-39(63-4)23-25-40)33-49(59)47(30-37-14-6-5-7-15-37)53-31-38(26-29-58)52-27-28-56(34-50-54-46-20-12-13-21-48(46)55(50)3)51(60)64-35-45-43-18-10-8-16-41(43)42-17-9-11-19-44(42)45/h5-25,36,38,45,47,49,52-53,58-59H,26-35H2,1-4H3/t38-,47-,49+/m0/s1. The molecule has 0 aliphatic heterocycles. The molecule has 7 rings (SSSR count). The molecule has 0 bridgehead atoms. The van der Waals surface area contributed by atoms with E-state index in [0.29, 0.717) is 37.5 Å². The van der Waals surface area contributed by atoms with Gasteiger partial charge in [0.2, 0.25) is 10.0 Å². The normalized spacial score (nSPS) is 14.0. The monoisotopic (exact) mass is 902 g/mol. The number of aryl methyl sites for hydroxylation is 1. The van der Waals surface area contributed by atoms with Gasteiger partial charge >= 0.3 is 6.09 Å². The summed E-state index contributed by atoms with van der Waals surface area (Å²) in [6, 6.07) is 39.6. The molecule has 4 N–H and O–H groups in total. The van der Waals surface area contributed by atoms with Crippen LogP contribution in [0.15, 0.2) is 132 Å². The smallest absolute Gasteiger partial charge is 0.410 e. The van der Waals surface area contributed by atoms with Crippen molar-refractivity contribution < 1.29 is 32.9 Å². The molecular formula is C51H62N6O7S. The molecule has 1 aliphatic rings. The van der Waals surface area contributed by atoms with Crippen molar-refractivity contribution in [3.8, 4) is 16.9 Å². The molecule has 0 unspecified atom stereocenters. The molecule has 0 radical (unpaired) electrons. The summed E-state index contributed by atoms with van der Waals surface area (Å²) in [4.78, 5) is 20.8. The Morgan fingerprint density at radius 2 is 1.49 bits per heavy atom. The number of nitrogens with zero attached hydrogens (tertiary/aromatic N) is 4. The van der Waals surface area contributed by atoms with Gasteiger partial charge in [0, 0.05) is 64.4 Å². The first kappa shape index (κ1) is 47.4. The number of amides is 1. The largest absolute Gasteiger partial charge is 0.497 e. The number of hydrogen-bond donors (Lipinski definition) is 4. The summed E-state index contributed by atoms with van der Waals surface area (Å²) in [6.45, 7) is 5.27. The first-order valence-electron chi connectivity index (χ1n) is 22.4. The molecule has 1 aliphatic carbocycles. The highest BCUT2D eigenvalue weighted by Gasteiger charge is 2.32. The number of aliphatic hydroxyl groups excluding tert-OH is 2. The number of para-hydroxylation sites is 2. The van der Waals surface area contributed by atoms with E-state index in [1.165, 1.54) is 23.5 Å². The minimum Gasteiger partial charge on any atom is -0.497 e. The lowest BCUT2D eigenvalue weighted by atomic mass is 9.98. The molecule has 3 atom stereocenters. The summed E-state index contributed by atoms with van der Waals surface area (Å²) >= 11 is 0. The van der Waals surface area contributed by atoms with Crippen molar-refractivity contribution >= 4 is 27.1 Å². The zero-order valence-corrected chi connectivity index (χ0v) is 38.5. The Morgan fingerprint density at radius 1 is 0.846 bits per heavy atom. The Labute approximate surface area is 383 Å². The van der Waals surface area contributed by atoms with E-state index >= 15 is 0 Å². The molecular weight excluding hydrogens is 841 g/mol. The molecule has 0 fully saturated rings. The predicted octanol–water partition coefficient (Wildman–Crippen LogP) is 6.58. The molecule has 1 heterocycles. The first-order valence-corrected chi connectivity index (χ1v) is 23.8. The van der Waals surface area contributed by atoms with Crippen molar-refractivity contribution in [1.82, 2.24) is 29.4 Å². The van der Waals surface area contributed by atoms with Gasteiger partial charge in [-0.2, -0.15) is 4.31 Å². The van der Waals surface area contributed by atoms with Gasteiger partial charge in [-0.15, -0.1) is 0 Å². The SMILES string of the molecule is COc1ccc(S(=O)(=O)N(CC(C)C)C[C@@H](O)[C@H](Cc2ccccc2)NC[C@H](CCO)NCCN(Cc2nc3ccccc3n2C)C(=O)OCC2c3ccccc3-c3ccccc32)cc1. The summed E-state index contributed by atoms with van der Waals surface area (Å²) in [6.07, 6.45) is -0.727. The Morgan fingerprint density at radius 3 is 2.14 bits per heavy atom. The fourth-order valence-corrected chi connectivity index (χ4v) is 10.3. The van der Waals surface area contributed by atoms with E-state index in [4.69, 9.17) is 14.5 Å². The van der Waals surface area contributed by atoms with E-state index in [2.05, 4.69) is 34.9 Å². The Hall–Kier alpha value is -5.61. The number of carbonyl (C=O) groups excluding carboxylic acids is 1. The van der Waals surface area contributed by atoms with Crippen LogP contribution in [0.5, 0.6) is 5.75 Å². The summed E-state index contributed by atoms with van der Waals surface area (Å²) in [5.41, 5.74) is 7.34. The van der Waals surface area contributed by atoms with E-state index in [1.807, 2.05) is 104 Å². The number of nitrogens with one attached hydrogen (secondary N) is 2. The molecule has 0 spiro atoms. The summed E-state index contributed by atoms with van der Waals surface area (Å²) < 4.78 is 42.8. The van der Waals surface area contributed by atoms with Crippen LogP contribution in [0, 0.1) is 5.92 Å². The van der Waals surface area contributed by atoms with Crippen molar-refractivity contribution in [2.24, 2.45) is 13.0 Å².